The lowest BCUT2D eigenvalue weighted by Gasteiger charge is -2.45. The highest BCUT2D eigenvalue weighted by Gasteiger charge is 2.41. The van der Waals surface area contributed by atoms with Gasteiger partial charge in [-0.25, -0.2) is 0 Å². The Morgan fingerprint density at radius 3 is 2.65 bits per heavy atom. The largest absolute Gasteiger partial charge is 0.466 e. The number of ether oxygens (including phenoxy) is 1. The van der Waals surface area contributed by atoms with Crippen molar-refractivity contribution in [2.75, 3.05) is 13.2 Å². The molecule has 0 heterocycles. The van der Waals surface area contributed by atoms with E-state index in [0.29, 0.717) is 18.9 Å². The number of rotatable bonds is 5. The average molecular weight is 241 g/mol. The topological polar surface area (TPSA) is 38.3 Å². The lowest BCUT2D eigenvalue weighted by atomic mass is 9.68. The van der Waals surface area contributed by atoms with Crippen molar-refractivity contribution in [3.63, 3.8) is 0 Å². The number of hydrogen-bond donors (Lipinski definition) is 1. The summed E-state index contributed by atoms with van der Waals surface area (Å²) in [7, 11) is 0. The van der Waals surface area contributed by atoms with E-state index in [4.69, 9.17) is 4.74 Å². The molecule has 1 aliphatic carbocycles. The SMILES string of the molecule is CCNC1(CC(=O)OCC)CCC(C)CC1C. The summed E-state index contributed by atoms with van der Waals surface area (Å²) in [5.41, 5.74) is -0.0342. The summed E-state index contributed by atoms with van der Waals surface area (Å²) in [6.07, 6.45) is 4.01. The highest BCUT2D eigenvalue weighted by Crippen LogP contribution is 2.39. The fourth-order valence-corrected chi connectivity index (χ4v) is 3.11. The first kappa shape index (κ1) is 14.5. The molecule has 3 heteroatoms. The van der Waals surface area contributed by atoms with Crippen LogP contribution in [0.2, 0.25) is 0 Å². The maximum atomic E-state index is 11.8. The van der Waals surface area contributed by atoms with Gasteiger partial charge in [-0.05, 0) is 44.6 Å². The van der Waals surface area contributed by atoms with Gasteiger partial charge >= 0.3 is 5.97 Å². The fraction of sp³-hybridized carbons (Fsp3) is 0.929. The summed E-state index contributed by atoms with van der Waals surface area (Å²) in [5.74, 6) is 1.25. The van der Waals surface area contributed by atoms with E-state index in [2.05, 4.69) is 26.1 Å². The van der Waals surface area contributed by atoms with E-state index in [1.54, 1.807) is 0 Å². The van der Waals surface area contributed by atoms with Gasteiger partial charge in [-0.1, -0.05) is 20.8 Å². The Morgan fingerprint density at radius 2 is 2.12 bits per heavy atom. The van der Waals surface area contributed by atoms with Crippen molar-refractivity contribution in [3.8, 4) is 0 Å². The van der Waals surface area contributed by atoms with Gasteiger partial charge in [-0.3, -0.25) is 4.79 Å². The van der Waals surface area contributed by atoms with Crippen LogP contribution in [0.4, 0.5) is 0 Å². The molecular weight excluding hydrogens is 214 g/mol. The number of carbonyl (C=O) groups is 1. The summed E-state index contributed by atoms with van der Waals surface area (Å²) < 4.78 is 5.11. The van der Waals surface area contributed by atoms with Gasteiger partial charge in [0.05, 0.1) is 13.0 Å². The summed E-state index contributed by atoms with van der Waals surface area (Å²) in [4.78, 5) is 11.8. The zero-order chi connectivity index (χ0) is 12.9. The Hall–Kier alpha value is -0.570. The van der Waals surface area contributed by atoms with Gasteiger partial charge in [-0.2, -0.15) is 0 Å². The number of esters is 1. The molecular formula is C14H27NO2. The van der Waals surface area contributed by atoms with E-state index in [1.807, 2.05) is 6.92 Å². The van der Waals surface area contributed by atoms with Gasteiger partial charge in [0, 0.05) is 5.54 Å². The number of nitrogens with one attached hydrogen (secondary N) is 1. The van der Waals surface area contributed by atoms with Crippen LogP contribution in [0.15, 0.2) is 0 Å². The second kappa shape index (κ2) is 6.39. The molecule has 1 rings (SSSR count). The minimum Gasteiger partial charge on any atom is -0.466 e. The molecule has 1 fully saturated rings. The molecule has 0 saturated heterocycles. The fourth-order valence-electron chi connectivity index (χ4n) is 3.11. The maximum Gasteiger partial charge on any atom is 0.307 e. The Bertz CT molecular complexity index is 255. The summed E-state index contributed by atoms with van der Waals surface area (Å²) in [6, 6.07) is 0. The van der Waals surface area contributed by atoms with E-state index in [-0.39, 0.29) is 11.5 Å². The molecule has 3 nitrogen and oxygen atoms in total. The molecule has 0 aromatic carbocycles. The van der Waals surface area contributed by atoms with Crippen molar-refractivity contribution in [2.24, 2.45) is 11.8 Å². The molecule has 0 bridgehead atoms. The van der Waals surface area contributed by atoms with Crippen LogP contribution in [0.5, 0.6) is 0 Å². The standard InChI is InChI=1S/C14H27NO2/c1-5-15-14(10-13(16)17-6-2)8-7-11(3)9-12(14)4/h11-12,15H,5-10H2,1-4H3. The van der Waals surface area contributed by atoms with Crippen LogP contribution in [-0.2, 0) is 9.53 Å². The van der Waals surface area contributed by atoms with Gasteiger partial charge in [0.2, 0.25) is 0 Å². The van der Waals surface area contributed by atoms with E-state index < -0.39 is 0 Å². The van der Waals surface area contributed by atoms with E-state index >= 15 is 0 Å². The first-order valence-electron chi connectivity index (χ1n) is 6.94. The summed E-state index contributed by atoms with van der Waals surface area (Å²) in [6.45, 7) is 9.93. The van der Waals surface area contributed by atoms with Gasteiger partial charge in [0.25, 0.3) is 0 Å². The van der Waals surface area contributed by atoms with Gasteiger partial charge < -0.3 is 10.1 Å². The first-order chi connectivity index (χ1) is 8.04. The maximum absolute atomic E-state index is 11.8. The van der Waals surface area contributed by atoms with Crippen LogP contribution in [0.3, 0.4) is 0 Å². The van der Waals surface area contributed by atoms with E-state index in [0.717, 1.165) is 18.9 Å². The van der Waals surface area contributed by atoms with Gasteiger partial charge in [0.1, 0.15) is 0 Å². The lowest BCUT2D eigenvalue weighted by Crippen LogP contribution is -2.54. The molecule has 0 aliphatic heterocycles. The smallest absolute Gasteiger partial charge is 0.307 e. The highest BCUT2D eigenvalue weighted by atomic mass is 16.5. The van der Waals surface area contributed by atoms with Crippen LogP contribution in [0, 0.1) is 11.8 Å². The molecule has 0 radical (unpaired) electrons. The third kappa shape index (κ3) is 3.70. The van der Waals surface area contributed by atoms with Crippen LogP contribution in [-0.4, -0.2) is 24.7 Å². The predicted molar refractivity (Wildman–Crippen MR) is 69.8 cm³/mol. The van der Waals surface area contributed by atoms with Crippen molar-refractivity contribution in [1.82, 2.24) is 5.32 Å². The Morgan fingerprint density at radius 1 is 1.41 bits per heavy atom. The molecule has 0 aromatic rings. The molecule has 1 aliphatic rings. The first-order valence-corrected chi connectivity index (χ1v) is 6.94. The lowest BCUT2D eigenvalue weighted by molar-refractivity contribution is -0.146. The normalized spacial score (nSPS) is 33.4. The molecule has 0 spiro atoms. The highest BCUT2D eigenvalue weighted by molar-refractivity contribution is 5.71. The summed E-state index contributed by atoms with van der Waals surface area (Å²) >= 11 is 0. The molecule has 3 atom stereocenters. The van der Waals surface area contributed by atoms with Crippen molar-refractivity contribution in [1.29, 1.82) is 0 Å². The van der Waals surface area contributed by atoms with Gasteiger partial charge in [-0.15, -0.1) is 0 Å². The van der Waals surface area contributed by atoms with Crippen LogP contribution in [0.1, 0.15) is 53.4 Å². The zero-order valence-corrected chi connectivity index (χ0v) is 11.7. The third-order valence-electron chi connectivity index (χ3n) is 4.08. The third-order valence-corrected chi connectivity index (χ3v) is 4.08. The Balaban J connectivity index is 2.70. The molecule has 0 amide bonds. The monoisotopic (exact) mass is 241 g/mol. The zero-order valence-electron chi connectivity index (χ0n) is 11.7. The Labute approximate surface area is 105 Å². The minimum atomic E-state index is -0.0603. The van der Waals surface area contributed by atoms with Gasteiger partial charge in [0.15, 0.2) is 0 Å². The molecule has 3 unspecified atom stereocenters. The van der Waals surface area contributed by atoms with Crippen molar-refractivity contribution in [3.05, 3.63) is 0 Å². The molecule has 100 valence electrons. The molecule has 1 N–H and O–H groups in total. The number of carbonyl (C=O) groups excluding carboxylic acids is 1. The van der Waals surface area contributed by atoms with Crippen molar-refractivity contribution in [2.45, 2.75) is 58.9 Å². The summed E-state index contributed by atoms with van der Waals surface area (Å²) in [5, 5.41) is 3.56. The molecule has 17 heavy (non-hydrogen) atoms. The quantitative estimate of drug-likeness (QED) is 0.752. The average Bonchev–Trinajstić information content (AvgIpc) is 2.25. The van der Waals surface area contributed by atoms with E-state index in [1.165, 1.54) is 12.8 Å². The van der Waals surface area contributed by atoms with Crippen molar-refractivity contribution >= 4 is 5.97 Å². The molecule has 0 aromatic heterocycles. The second-order valence-electron chi connectivity index (χ2n) is 5.45. The van der Waals surface area contributed by atoms with Crippen LogP contribution >= 0.6 is 0 Å². The second-order valence-corrected chi connectivity index (χ2v) is 5.45. The number of hydrogen-bond acceptors (Lipinski definition) is 3. The predicted octanol–water partition coefficient (Wildman–Crippen LogP) is 2.74. The van der Waals surface area contributed by atoms with Crippen LogP contribution < -0.4 is 5.32 Å². The molecule has 1 saturated carbocycles. The Kier molecular flexibility index (Phi) is 5.44. The minimum absolute atomic E-state index is 0.0342. The van der Waals surface area contributed by atoms with Crippen molar-refractivity contribution < 1.29 is 9.53 Å². The van der Waals surface area contributed by atoms with Crippen LogP contribution in [0.25, 0.3) is 0 Å². The van der Waals surface area contributed by atoms with E-state index in [9.17, 15) is 4.79 Å².